The molecular formula is C22H21NOS. The van der Waals surface area contributed by atoms with E-state index in [0.29, 0.717) is 12.0 Å². The smallest absolute Gasteiger partial charge is 0.169 e. The van der Waals surface area contributed by atoms with Gasteiger partial charge in [0.1, 0.15) is 0 Å². The highest BCUT2D eigenvalue weighted by Gasteiger charge is 2.11. The summed E-state index contributed by atoms with van der Waals surface area (Å²) in [7, 11) is 0. The first-order valence-corrected chi connectivity index (χ1v) is 9.37. The van der Waals surface area contributed by atoms with Gasteiger partial charge < -0.3 is 0 Å². The summed E-state index contributed by atoms with van der Waals surface area (Å²) in [4.78, 5) is 19.7. The summed E-state index contributed by atoms with van der Waals surface area (Å²) in [5.41, 5.74) is 2.43. The number of rotatable bonds is 7. The minimum absolute atomic E-state index is 0.0943. The number of Topliss-reactive ketones (excluding diaryl/α,β-unsaturated/α-hetero) is 1. The van der Waals surface area contributed by atoms with Gasteiger partial charge >= 0.3 is 0 Å². The molecule has 3 rings (SSSR count). The van der Waals surface area contributed by atoms with Crippen LogP contribution in [0.25, 0.3) is 0 Å². The third-order valence-electron chi connectivity index (χ3n) is 3.92. The molecule has 1 heterocycles. The van der Waals surface area contributed by atoms with E-state index >= 15 is 0 Å². The number of hydrogen-bond acceptors (Lipinski definition) is 3. The Kier molecular flexibility index (Phi) is 5.91. The average Bonchev–Trinajstić information content (AvgIpc) is 3.09. The monoisotopic (exact) mass is 347 g/mol. The summed E-state index contributed by atoms with van der Waals surface area (Å²) < 4.78 is 0. The SMILES string of the molecule is CCCc1ccc(C=Nc2ccccc2C(=O)Cc2ccccc2)s1. The Morgan fingerprint density at radius 2 is 1.76 bits per heavy atom. The summed E-state index contributed by atoms with van der Waals surface area (Å²) in [6.45, 7) is 2.18. The number of aliphatic imine (C=N–C) groups is 1. The zero-order chi connectivity index (χ0) is 17.5. The van der Waals surface area contributed by atoms with Gasteiger partial charge in [0, 0.05) is 28.0 Å². The summed E-state index contributed by atoms with van der Waals surface area (Å²) in [6, 6.07) is 21.6. The predicted octanol–water partition coefficient (Wildman–Crippen LogP) is 5.88. The zero-order valence-electron chi connectivity index (χ0n) is 14.3. The van der Waals surface area contributed by atoms with E-state index in [0.717, 1.165) is 29.0 Å². The van der Waals surface area contributed by atoms with E-state index in [1.807, 2.05) is 60.8 Å². The van der Waals surface area contributed by atoms with Gasteiger partial charge in [-0.3, -0.25) is 9.79 Å². The highest BCUT2D eigenvalue weighted by molar-refractivity contribution is 7.13. The Morgan fingerprint density at radius 1 is 1.00 bits per heavy atom. The van der Waals surface area contributed by atoms with Crippen LogP contribution in [-0.2, 0) is 12.8 Å². The van der Waals surface area contributed by atoms with Crippen molar-refractivity contribution >= 4 is 29.0 Å². The van der Waals surface area contributed by atoms with Crippen LogP contribution >= 0.6 is 11.3 Å². The first-order valence-electron chi connectivity index (χ1n) is 8.55. The van der Waals surface area contributed by atoms with Crippen molar-refractivity contribution in [3.8, 4) is 0 Å². The highest BCUT2D eigenvalue weighted by atomic mass is 32.1. The summed E-state index contributed by atoms with van der Waals surface area (Å²) in [6.07, 6.45) is 4.50. The topological polar surface area (TPSA) is 29.4 Å². The fourth-order valence-electron chi connectivity index (χ4n) is 2.68. The lowest BCUT2D eigenvalue weighted by Gasteiger charge is -2.05. The maximum atomic E-state index is 12.7. The number of carbonyl (C=O) groups excluding carboxylic acids is 1. The van der Waals surface area contributed by atoms with Crippen molar-refractivity contribution in [1.29, 1.82) is 0 Å². The van der Waals surface area contributed by atoms with Crippen LogP contribution in [0.5, 0.6) is 0 Å². The largest absolute Gasteiger partial charge is 0.294 e. The minimum Gasteiger partial charge on any atom is -0.294 e. The minimum atomic E-state index is 0.0943. The molecule has 0 aliphatic rings. The van der Waals surface area contributed by atoms with Gasteiger partial charge in [-0.2, -0.15) is 0 Å². The lowest BCUT2D eigenvalue weighted by atomic mass is 10.0. The molecule has 3 heteroatoms. The molecule has 25 heavy (non-hydrogen) atoms. The number of hydrogen-bond donors (Lipinski definition) is 0. The first-order chi connectivity index (χ1) is 12.3. The lowest BCUT2D eigenvalue weighted by Crippen LogP contribution is -2.03. The molecule has 0 amide bonds. The Balaban J connectivity index is 1.78. The van der Waals surface area contributed by atoms with E-state index < -0.39 is 0 Å². The van der Waals surface area contributed by atoms with Crippen LogP contribution in [0.1, 0.15) is 39.0 Å². The highest BCUT2D eigenvalue weighted by Crippen LogP contribution is 2.22. The fraction of sp³-hybridized carbons (Fsp3) is 0.182. The molecule has 2 aromatic carbocycles. The summed E-state index contributed by atoms with van der Waals surface area (Å²) in [5, 5.41) is 0. The number of nitrogens with zero attached hydrogens (tertiary/aromatic N) is 1. The number of carbonyl (C=O) groups is 1. The van der Waals surface area contributed by atoms with Crippen molar-refractivity contribution in [2.75, 3.05) is 0 Å². The van der Waals surface area contributed by atoms with E-state index in [1.165, 1.54) is 4.88 Å². The molecule has 1 aromatic heterocycles. The molecule has 0 aliphatic heterocycles. The molecule has 0 unspecified atom stereocenters. The number of ketones is 1. The van der Waals surface area contributed by atoms with E-state index in [2.05, 4.69) is 24.0 Å². The van der Waals surface area contributed by atoms with Crippen molar-refractivity contribution in [3.63, 3.8) is 0 Å². The average molecular weight is 347 g/mol. The second kappa shape index (κ2) is 8.54. The number of thiophene rings is 1. The molecule has 0 aliphatic carbocycles. The molecule has 0 saturated carbocycles. The number of aryl methyl sites for hydroxylation is 1. The third kappa shape index (κ3) is 4.74. The van der Waals surface area contributed by atoms with Gasteiger partial charge in [-0.1, -0.05) is 55.8 Å². The van der Waals surface area contributed by atoms with Crippen molar-refractivity contribution in [2.24, 2.45) is 4.99 Å². The van der Waals surface area contributed by atoms with Crippen LogP contribution in [0.2, 0.25) is 0 Å². The second-order valence-electron chi connectivity index (χ2n) is 5.91. The molecule has 3 aromatic rings. The zero-order valence-corrected chi connectivity index (χ0v) is 15.1. The molecule has 0 saturated heterocycles. The van der Waals surface area contributed by atoms with Crippen LogP contribution in [-0.4, -0.2) is 12.0 Å². The maximum Gasteiger partial charge on any atom is 0.169 e. The fourth-order valence-corrected chi connectivity index (χ4v) is 3.66. The van der Waals surface area contributed by atoms with E-state index in [9.17, 15) is 4.79 Å². The van der Waals surface area contributed by atoms with E-state index in [1.54, 1.807) is 11.3 Å². The normalized spacial score (nSPS) is 11.1. The quantitative estimate of drug-likeness (QED) is 0.388. The van der Waals surface area contributed by atoms with Crippen LogP contribution < -0.4 is 0 Å². The van der Waals surface area contributed by atoms with Crippen LogP contribution in [0.15, 0.2) is 71.7 Å². The molecule has 0 fully saturated rings. The van der Waals surface area contributed by atoms with Crippen molar-refractivity contribution in [3.05, 3.63) is 87.6 Å². The van der Waals surface area contributed by atoms with Crippen molar-refractivity contribution in [2.45, 2.75) is 26.2 Å². The molecule has 126 valence electrons. The van der Waals surface area contributed by atoms with Gasteiger partial charge in [0.05, 0.1) is 5.69 Å². The molecule has 0 N–H and O–H groups in total. The Bertz CT molecular complexity index is 864. The lowest BCUT2D eigenvalue weighted by molar-refractivity contribution is 0.0993. The van der Waals surface area contributed by atoms with Crippen molar-refractivity contribution < 1.29 is 4.79 Å². The van der Waals surface area contributed by atoms with Crippen molar-refractivity contribution in [1.82, 2.24) is 0 Å². The van der Waals surface area contributed by atoms with Crippen LogP contribution in [0.3, 0.4) is 0 Å². The Morgan fingerprint density at radius 3 is 2.56 bits per heavy atom. The number of para-hydroxylation sites is 1. The van der Waals surface area contributed by atoms with Gasteiger partial charge in [0.2, 0.25) is 0 Å². The first kappa shape index (κ1) is 17.3. The molecule has 0 radical (unpaired) electrons. The number of benzene rings is 2. The maximum absolute atomic E-state index is 12.7. The van der Waals surface area contributed by atoms with Gasteiger partial charge in [-0.05, 0) is 36.2 Å². The van der Waals surface area contributed by atoms with Gasteiger partial charge in [-0.25, -0.2) is 0 Å². The molecular weight excluding hydrogens is 326 g/mol. The molecule has 0 bridgehead atoms. The molecule has 2 nitrogen and oxygen atoms in total. The summed E-state index contributed by atoms with van der Waals surface area (Å²) in [5.74, 6) is 0.0943. The Hall–Kier alpha value is -2.52. The third-order valence-corrected chi connectivity index (χ3v) is 5.00. The summed E-state index contributed by atoms with van der Waals surface area (Å²) >= 11 is 1.76. The van der Waals surface area contributed by atoms with Gasteiger partial charge in [0.25, 0.3) is 0 Å². The molecule has 0 atom stereocenters. The predicted molar refractivity (Wildman–Crippen MR) is 106 cm³/mol. The Labute approximate surface area is 152 Å². The standard InChI is InChI=1S/C22H21NOS/c1-2-8-18-13-14-19(25-18)16-23-21-12-7-6-11-20(21)22(24)15-17-9-4-3-5-10-17/h3-7,9-14,16H,2,8,15H2,1H3. The second-order valence-corrected chi connectivity index (χ2v) is 7.11. The van der Waals surface area contributed by atoms with E-state index in [4.69, 9.17) is 0 Å². The van der Waals surface area contributed by atoms with Crippen LogP contribution in [0, 0.1) is 0 Å². The van der Waals surface area contributed by atoms with Gasteiger partial charge in [0.15, 0.2) is 5.78 Å². The van der Waals surface area contributed by atoms with Gasteiger partial charge in [-0.15, -0.1) is 11.3 Å². The van der Waals surface area contributed by atoms with E-state index in [-0.39, 0.29) is 5.78 Å². The van der Waals surface area contributed by atoms with Crippen LogP contribution in [0.4, 0.5) is 5.69 Å². The molecule has 0 spiro atoms.